The molecule has 0 bridgehead atoms. The number of H-pyrrole nitrogens is 1. The summed E-state index contributed by atoms with van der Waals surface area (Å²) in [6, 6.07) is 0. The van der Waals surface area contributed by atoms with Crippen LogP contribution in [0, 0.1) is 0 Å². The van der Waals surface area contributed by atoms with Crippen molar-refractivity contribution in [1.82, 2.24) is 19.9 Å². The molecule has 0 atom stereocenters. The Morgan fingerprint density at radius 1 is 1.36 bits per heavy atom. The quantitative estimate of drug-likeness (QED) is 0.487. The van der Waals surface area contributed by atoms with Crippen LogP contribution in [0.25, 0.3) is 11.2 Å². The van der Waals surface area contributed by atoms with Gasteiger partial charge in [0.1, 0.15) is 5.52 Å². The third-order valence-electron chi connectivity index (χ3n) is 1.14. The van der Waals surface area contributed by atoms with Crippen LogP contribution in [0.5, 0.6) is 0 Å². The summed E-state index contributed by atoms with van der Waals surface area (Å²) < 4.78 is 0. The minimum absolute atomic E-state index is 0. The van der Waals surface area contributed by atoms with Gasteiger partial charge in [0, 0.05) is 0 Å². The summed E-state index contributed by atoms with van der Waals surface area (Å²) in [5.41, 5.74) is 1.39. The number of nitrogens with one attached hydrogen (secondary N) is 1. The molecule has 52 valence electrons. The number of hydrogen-bond donors (Lipinski definition) is 1. The van der Waals surface area contributed by atoms with Crippen molar-refractivity contribution in [3.63, 3.8) is 0 Å². The van der Waals surface area contributed by atoms with E-state index in [1.54, 1.807) is 12.5 Å². The molecule has 0 aliphatic carbocycles. The van der Waals surface area contributed by atoms with E-state index in [1.165, 1.54) is 0 Å². The van der Waals surface area contributed by atoms with Crippen molar-refractivity contribution >= 4 is 74.1 Å². The summed E-state index contributed by atoms with van der Waals surface area (Å²) in [7, 11) is 0. The van der Waals surface area contributed by atoms with Gasteiger partial charge in [0.25, 0.3) is 0 Å². The molecule has 4 nitrogen and oxygen atoms in total. The third-order valence-corrected chi connectivity index (χ3v) is 1.33. The molecule has 2 rings (SSSR count). The van der Waals surface area contributed by atoms with E-state index in [0.717, 1.165) is 5.52 Å². The first-order valence-electron chi connectivity index (χ1n) is 2.68. The Morgan fingerprint density at radius 2 is 2.18 bits per heavy atom. The van der Waals surface area contributed by atoms with Gasteiger partial charge in [0.05, 0.1) is 12.5 Å². The van der Waals surface area contributed by atoms with E-state index in [9.17, 15) is 0 Å². The van der Waals surface area contributed by atoms with Crippen LogP contribution >= 0.6 is 11.6 Å². The summed E-state index contributed by atoms with van der Waals surface area (Å²) in [6.45, 7) is 0. The molecule has 0 saturated carbocycles. The second kappa shape index (κ2) is 3.93. The van der Waals surface area contributed by atoms with E-state index in [0.29, 0.717) is 5.65 Å². The number of fused-ring (bicyclic) bond motifs is 1. The zero-order valence-corrected chi connectivity index (χ0v) is 5.63. The van der Waals surface area contributed by atoms with Gasteiger partial charge in [-0.2, -0.15) is 4.98 Å². The van der Waals surface area contributed by atoms with Crippen molar-refractivity contribution in [2.24, 2.45) is 0 Å². The van der Waals surface area contributed by atoms with Crippen LogP contribution in [0.2, 0.25) is 5.28 Å². The number of imidazole rings is 1. The number of rotatable bonds is 0. The van der Waals surface area contributed by atoms with E-state index in [4.69, 9.17) is 11.6 Å². The monoisotopic (exact) mass is 194 g/mol. The van der Waals surface area contributed by atoms with Crippen molar-refractivity contribution in [3.8, 4) is 0 Å². The van der Waals surface area contributed by atoms with Crippen LogP contribution in [-0.4, -0.2) is 71.3 Å². The fourth-order valence-electron chi connectivity index (χ4n) is 0.718. The van der Waals surface area contributed by atoms with Crippen LogP contribution < -0.4 is 0 Å². The number of aromatic amines is 1. The molecule has 0 unspecified atom stereocenters. The second-order valence-corrected chi connectivity index (χ2v) is 2.11. The molecule has 2 aromatic rings. The van der Waals surface area contributed by atoms with Crippen molar-refractivity contribution in [3.05, 3.63) is 17.8 Å². The molecular formula is C5H4ClKN4. The SMILES string of the molecule is Clc1ncc2nc[nH]c2n1.[KH]. The molecule has 0 amide bonds. The predicted octanol–water partition coefficient (Wildman–Crippen LogP) is 0.358. The summed E-state index contributed by atoms with van der Waals surface area (Å²) in [6.07, 6.45) is 3.12. The van der Waals surface area contributed by atoms with Crippen LogP contribution in [0.3, 0.4) is 0 Å². The Morgan fingerprint density at radius 3 is 3.00 bits per heavy atom. The predicted molar refractivity (Wildman–Crippen MR) is 43.8 cm³/mol. The minimum atomic E-state index is 0. The van der Waals surface area contributed by atoms with E-state index >= 15 is 0 Å². The molecule has 0 radical (unpaired) electrons. The van der Waals surface area contributed by atoms with Crippen molar-refractivity contribution in [1.29, 1.82) is 0 Å². The van der Waals surface area contributed by atoms with Gasteiger partial charge in [0.15, 0.2) is 5.65 Å². The summed E-state index contributed by atoms with van der Waals surface area (Å²) >= 11 is 5.51. The molecule has 0 aliphatic rings. The molecule has 0 fully saturated rings. The fraction of sp³-hybridized carbons (Fsp3) is 0. The van der Waals surface area contributed by atoms with Crippen molar-refractivity contribution in [2.75, 3.05) is 0 Å². The van der Waals surface area contributed by atoms with Crippen LogP contribution in [0.15, 0.2) is 12.5 Å². The molecule has 0 spiro atoms. The maximum absolute atomic E-state index is 5.51. The number of hydrogen-bond acceptors (Lipinski definition) is 3. The Balaban J connectivity index is 0.000000605. The molecule has 6 heteroatoms. The van der Waals surface area contributed by atoms with Crippen LogP contribution in [-0.2, 0) is 0 Å². The van der Waals surface area contributed by atoms with Gasteiger partial charge in [-0.05, 0) is 11.6 Å². The molecule has 2 aromatic heterocycles. The van der Waals surface area contributed by atoms with Crippen molar-refractivity contribution < 1.29 is 0 Å². The Labute approximate surface area is 110 Å². The van der Waals surface area contributed by atoms with E-state index < -0.39 is 0 Å². The van der Waals surface area contributed by atoms with Crippen LogP contribution in [0.4, 0.5) is 0 Å². The Bertz CT molecular complexity index is 360. The average Bonchev–Trinajstić information content (AvgIpc) is 2.33. The summed E-state index contributed by atoms with van der Waals surface area (Å²) in [4.78, 5) is 14.4. The normalized spacial score (nSPS) is 9.55. The van der Waals surface area contributed by atoms with Gasteiger partial charge in [-0.25, -0.2) is 9.97 Å². The van der Waals surface area contributed by atoms with E-state index in [-0.39, 0.29) is 56.7 Å². The van der Waals surface area contributed by atoms with Gasteiger partial charge < -0.3 is 4.98 Å². The van der Waals surface area contributed by atoms with Gasteiger partial charge in [-0.1, -0.05) is 0 Å². The first kappa shape index (κ1) is 9.56. The van der Waals surface area contributed by atoms with Gasteiger partial charge in [0.2, 0.25) is 5.28 Å². The average molecular weight is 195 g/mol. The first-order valence-corrected chi connectivity index (χ1v) is 3.06. The number of halogens is 1. The Kier molecular flexibility index (Phi) is 3.41. The molecule has 1 N–H and O–H groups in total. The molecule has 2 heterocycles. The Hall–Kier alpha value is 0.476. The first-order chi connectivity index (χ1) is 4.86. The van der Waals surface area contributed by atoms with Gasteiger partial charge in [-0.3, -0.25) is 0 Å². The number of aromatic nitrogens is 4. The standard InChI is InChI=1S/C5H3ClN4.K.H/c6-5-7-1-3-4(10-5)9-2-8-3;;/h1-2H,(H,7,8,9,10);;. The molecule has 0 saturated heterocycles. The zero-order valence-electron chi connectivity index (χ0n) is 4.87. The molecule has 0 aromatic carbocycles. The third kappa shape index (κ3) is 1.98. The number of nitrogens with zero attached hydrogens (tertiary/aromatic N) is 3. The van der Waals surface area contributed by atoms with E-state index in [1.807, 2.05) is 0 Å². The second-order valence-electron chi connectivity index (χ2n) is 1.78. The molecule has 0 aliphatic heterocycles. The van der Waals surface area contributed by atoms with Gasteiger partial charge >= 0.3 is 51.4 Å². The summed E-state index contributed by atoms with van der Waals surface area (Å²) in [5.74, 6) is 0. The maximum atomic E-state index is 5.51. The summed E-state index contributed by atoms with van der Waals surface area (Å²) in [5, 5.41) is 0.233. The molecule has 11 heavy (non-hydrogen) atoms. The fourth-order valence-corrected chi connectivity index (χ4v) is 0.851. The topological polar surface area (TPSA) is 54.5 Å². The van der Waals surface area contributed by atoms with Crippen LogP contribution in [0.1, 0.15) is 0 Å². The molecular weight excluding hydrogens is 191 g/mol. The van der Waals surface area contributed by atoms with Crippen molar-refractivity contribution in [2.45, 2.75) is 0 Å². The zero-order chi connectivity index (χ0) is 6.97. The van der Waals surface area contributed by atoms with E-state index in [2.05, 4.69) is 19.9 Å². The van der Waals surface area contributed by atoms with Gasteiger partial charge in [-0.15, -0.1) is 0 Å².